The maximum Gasteiger partial charge on any atom is 0.220 e. The Morgan fingerprint density at radius 2 is 2.16 bits per heavy atom. The molecule has 1 saturated heterocycles. The normalized spacial score (nSPS) is 17.4. The Labute approximate surface area is 117 Å². The van der Waals surface area contributed by atoms with Crippen molar-refractivity contribution in [3.05, 3.63) is 22.8 Å². The molecule has 1 aromatic heterocycles. The van der Waals surface area contributed by atoms with Gasteiger partial charge in [-0.3, -0.25) is 9.69 Å². The third kappa shape index (κ3) is 3.56. The Balaban J connectivity index is 1.97. The quantitative estimate of drug-likeness (QED) is 0.559. The van der Waals surface area contributed by atoms with Gasteiger partial charge in [-0.05, 0) is 38.1 Å². The number of nitrogens with one attached hydrogen (secondary N) is 1. The molecule has 6 nitrogen and oxygen atoms in total. The molecule has 2 heterocycles. The molecular formula is C12H18ClN5O. The molecule has 19 heavy (non-hydrogen) atoms. The molecule has 1 aromatic rings. The largest absolute Gasteiger partial charge is 0.369 e. The van der Waals surface area contributed by atoms with Crippen LogP contribution in [-0.4, -0.2) is 28.9 Å². The Kier molecular flexibility index (Phi) is 4.57. The van der Waals surface area contributed by atoms with Crippen LogP contribution in [0.3, 0.4) is 0 Å². The summed E-state index contributed by atoms with van der Waals surface area (Å²) in [5.74, 6) is 5.72. The van der Waals surface area contributed by atoms with Gasteiger partial charge in [0.15, 0.2) is 0 Å². The minimum atomic E-state index is -0.204. The van der Waals surface area contributed by atoms with Crippen LogP contribution in [0.5, 0.6) is 0 Å². The van der Waals surface area contributed by atoms with Gasteiger partial charge in [0.25, 0.3) is 0 Å². The molecule has 1 amide bonds. The van der Waals surface area contributed by atoms with Crippen molar-refractivity contribution in [2.75, 3.05) is 18.5 Å². The van der Waals surface area contributed by atoms with E-state index in [2.05, 4.69) is 15.3 Å². The van der Waals surface area contributed by atoms with E-state index in [-0.39, 0.29) is 11.8 Å². The van der Waals surface area contributed by atoms with Crippen LogP contribution in [0.1, 0.15) is 18.5 Å². The third-order valence-electron chi connectivity index (χ3n) is 3.43. The van der Waals surface area contributed by atoms with E-state index in [4.69, 9.17) is 23.2 Å². The highest BCUT2D eigenvalue weighted by molar-refractivity contribution is 6.31. The highest BCUT2D eigenvalue weighted by atomic mass is 35.5. The molecule has 0 unspecified atom stereocenters. The minimum Gasteiger partial charge on any atom is -0.369 e. The summed E-state index contributed by atoms with van der Waals surface area (Å²) in [5.41, 5.74) is 8.61. The molecule has 7 heteroatoms. The number of likely N-dealkylation sites (tertiary alicyclic amines) is 1. The lowest BCUT2D eigenvalue weighted by Gasteiger charge is -2.30. The fourth-order valence-corrected chi connectivity index (χ4v) is 2.43. The number of nitrogens with two attached hydrogens (primary N) is 2. The first-order valence-corrected chi connectivity index (χ1v) is 6.61. The van der Waals surface area contributed by atoms with Crippen LogP contribution in [0.15, 0.2) is 12.1 Å². The zero-order valence-electron chi connectivity index (χ0n) is 10.6. The lowest BCUT2D eigenvalue weighted by atomic mass is 9.96. The fourth-order valence-electron chi connectivity index (χ4n) is 2.26. The minimum absolute atomic E-state index is 0.00303. The molecule has 1 aliphatic rings. The summed E-state index contributed by atoms with van der Waals surface area (Å²) in [7, 11) is 0. The predicted octanol–water partition coefficient (Wildman–Crippen LogP) is 0.718. The molecule has 0 saturated carbocycles. The Bertz CT molecular complexity index is 459. The Hall–Kier alpha value is -1.37. The van der Waals surface area contributed by atoms with Crippen molar-refractivity contribution < 1.29 is 4.79 Å². The first-order valence-electron chi connectivity index (χ1n) is 6.24. The molecule has 1 fully saturated rings. The number of halogens is 1. The van der Waals surface area contributed by atoms with E-state index in [0.29, 0.717) is 17.4 Å². The van der Waals surface area contributed by atoms with Gasteiger partial charge in [0, 0.05) is 12.5 Å². The summed E-state index contributed by atoms with van der Waals surface area (Å²) >= 11 is 6.12. The average Bonchev–Trinajstić information content (AvgIpc) is 2.42. The maximum absolute atomic E-state index is 11.1. The molecule has 0 radical (unpaired) electrons. The Morgan fingerprint density at radius 1 is 1.47 bits per heavy atom. The van der Waals surface area contributed by atoms with Gasteiger partial charge in [0.2, 0.25) is 5.91 Å². The highest BCUT2D eigenvalue weighted by Gasteiger charge is 2.23. The molecule has 5 N–H and O–H groups in total. The second-order valence-electron chi connectivity index (χ2n) is 4.72. The van der Waals surface area contributed by atoms with Crippen molar-refractivity contribution in [1.82, 2.24) is 9.88 Å². The molecule has 0 aromatic carbocycles. The van der Waals surface area contributed by atoms with Crippen LogP contribution in [-0.2, 0) is 11.3 Å². The van der Waals surface area contributed by atoms with Gasteiger partial charge in [0.05, 0.1) is 10.7 Å². The van der Waals surface area contributed by atoms with Crippen LogP contribution >= 0.6 is 11.6 Å². The van der Waals surface area contributed by atoms with E-state index in [9.17, 15) is 4.79 Å². The first kappa shape index (κ1) is 14.0. The lowest BCUT2D eigenvalue weighted by Crippen LogP contribution is -2.38. The van der Waals surface area contributed by atoms with Crippen LogP contribution < -0.4 is 17.0 Å². The van der Waals surface area contributed by atoms with Crippen molar-refractivity contribution in [1.29, 1.82) is 0 Å². The van der Waals surface area contributed by atoms with Gasteiger partial charge in [0.1, 0.15) is 5.82 Å². The zero-order valence-corrected chi connectivity index (χ0v) is 11.4. The smallest absolute Gasteiger partial charge is 0.220 e. The van der Waals surface area contributed by atoms with Crippen LogP contribution in [0.4, 0.5) is 5.82 Å². The van der Waals surface area contributed by atoms with Gasteiger partial charge in [-0.15, -0.1) is 0 Å². The van der Waals surface area contributed by atoms with Crippen molar-refractivity contribution in [2.24, 2.45) is 17.5 Å². The maximum atomic E-state index is 11.1. The number of hydrogen-bond acceptors (Lipinski definition) is 5. The molecule has 2 rings (SSSR count). The van der Waals surface area contributed by atoms with Crippen LogP contribution in [0.25, 0.3) is 0 Å². The van der Waals surface area contributed by atoms with E-state index in [1.165, 1.54) is 0 Å². The lowest BCUT2D eigenvalue weighted by molar-refractivity contribution is -0.123. The summed E-state index contributed by atoms with van der Waals surface area (Å²) in [6, 6.07) is 3.50. The van der Waals surface area contributed by atoms with Crippen molar-refractivity contribution in [2.45, 2.75) is 19.4 Å². The summed E-state index contributed by atoms with van der Waals surface area (Å²) in [6.07, 6.45) is 1.59. The third-order valence-corrected chi connectivity index (χ3v) is 3.77. The van der Waals surface area contributed by atoms with Gasteiger partial charge in [-0.1, -0.05) is 11.6 Å². The number of nitrogens with zero attached hydrogens (tertiary/aromatic N) is 2. The number of anilines is 1. The molecule has 104 valence electrons. The van der Waals surface area contributed by atoms with Crippen molar-refractivity contribution in [3.63, 3.8) is 0 Å². The standard InChI is InChI=1S/C12H18ClN5O/c13-9-1-2-11(17-15)16-10(9)7-18-5-3-8(4-6-18)12(14)19/h1-2,8H,3-7,15H2,(H2,14,19)(H,16,17). The number of carbonyl (C=O) groups is 1. The number of pyridine rings is 1. The molecule has 0 bridgehead atoms. The van der Waals surface area contributed by atoms with E-state index < -0.39 is 0 Å². The molecule has 0 aliphatic carbocycles. The van der Waals surface area contributed by atoms with Gasteiger partial charge in [-0.2, -0.15) is 0 Å². The van der Waals surface area contributed by atoms with Crippen LogP contribution in [0, 0.1) is 5.92 Å². The summed E-state index contributed by atoms with van der Waals surface area (Å²) in [5, 5.41) is 0.621. The van der Waals surface area contributed by atoms with Gasteiger partial charge >= 0.3 is 0 Å². The Morgan fingerprint density at radius 3 is 2.74 bits per heavy atom. The van der Waals surface area contributed by atoms with E-state index in [1.54, 1.807) is 12.1 Å². The molecular weight excluding hydrogens is 266 g/mol. The van der Waals surface area contributed by atoms with E-state index >= 15 is 0 Å². The number of primary amides is 1. The SMILES string of the molecule is NNc1ccc(Cl)c(CN2CCC(C(N)=O)CC2)n1. The highest BCUT2D eigenvalue weighted by Crippen LogP contribution is 2.22. The number of amides is 1. The topological polar surface area (TPSA) is 97.3 Å². The fraction of sp³-hybridized carbons (Fsp3) is 0.500. The predicted molar refractivity (Wildman–Crippen MR) is 74.3 cm³/mol. The number of aromatic nitrogens is 1. The average molecular weight is 284 g/mol. The number of hydrazine groups is 1. The summed E-state index contributed by atoms with van der Waals surface area (Å²) in [6.45, 7) is 2.30. The summed E-state index contributed by atoms with van der Waals surface area (Å²) in [4.78, 5) is 17.7. The van der Waals surface area contributed by atoms with Gasteiger partial charge < -0.3 is 11.2 Å². The van der Waals surface area contributed by atoms with E-state index in [1.807, 2.05) is 0 Å². The first-order chi connectivity index (χ1) is 9.10. The number of piperidine rings is 1. The zero-order chi connectivity index (χ0) is 13.8. The summed E-state index contributed by atoms with van der Waals surface area (Å²) < 4.78 is 0. The van der Waals surface area contributed by atoms with E-state index in [0.717, 1.165) is 31.6 Å². The second kappa shape index (κ2) is 6.18. The second-order valence-corrected chi connectivity index (χ2v) is 5.13. The number of nitrogen functional groups attached to an aromatic ring is 1. The van der Waals surface area contributed by atoms with Crippen LogP contribution in [0.2, 0.25) is 5.02 Å². The number of carbonyl (C=O) groups excluding carboxylic acids is 1. The van der Waals surface area contributed by atoms with Crippen molar-refractivity contribution >= 4 is 23.3 Å². The monoisotopic (exact) mass is 283 g/mol. The molecule has 1 aliphatic heterocycles. The molecule has 0 spiro atoms. The van der Waals surface area contributed by atoms with Crippen molar-refractivity contribution in [3.8, 4) is 0 Å². The number of rotatable bonds is 4. The number of hydrogen-bond donors (Lipinski definition) is 3. The van der Waals surface area contributed by atoms with Gasteiger partial charge in [-0.25, -0.2) is 10.8 Å². The molecule has 0 atom stereocenters.